The van der Waals surface area contributed by atoms with Crippen LogP contribution in [0.25, 0.3) is 0 Å². The molecule has 0 amide bonds. The van der Waals surface area contributed by atoms with E-state index in [2.05, 4.69) is 0 Å². The standard InChI is InChI=1S/C11H19NO3/c1-2-14-10(12)8-11(13)15-9-6-4-3-5-7-9/h8-9H,2-7,12H2,1H3/b10-8-. The van der Waals surface area contributed by atoms with Crippen LogP contribution in [-0.2, 0) is 14.3 Å². The minimum Gasteiger partial charge on any atom is -0.479 e. The lowest BCUT2D eigenvalue weighted by Gasteiger charge is -2.21. The average molecular weight is 213 g/mol. The molecule has 0 saturated heterocycles. The number of carbonyl (C=O) groups excluding carboxylic acids is 1. The second kappa shape index (κ2) is 6.32. The number of esters is 1. The minimum atomic E-state index is -0.396. The molecule has 1 saturated carbocycles. The SMILES string of the molecule is CCO/C(N)=C\C(=O)OC1CCCCC1. The number of carbonyl (C=O) groups is 1. The third-order valence-corrected chi connectivity index (χ3v) is 2.41. The van der Waals surface area contributed by atoms with Crippen LogP contribution in [0.1, 0.15) is 39.0 Å². The molecule has 2 N–H and O–H groups in total. The van der Waals surface area contributed by atoms with Gasteiger partial charge in [0, 0.05) is 0 Å². The zero-order chi connectivity index (χ0) is 11.1. The lowest BCUT2D eigenvalue weighted by atomic mass is 9.98. The number of nitrogens with two attached hydrogens (primary N) is 1. The van der Waals surface area contributed by atoms with E-state index < -0.39 is 5.97 Å². The Morgan fingerprint density at radius 1 is 1.40 bits per heavy atom. The Kier molecular flexibility index (Phi) is 5.01. The van der Waals surface area contributed by atoms with Crippen molar-refractivity contribution in [1.29, 1.82) is 0 Å². The van der Waals surface area contributed by atoms with Gasteiger partial charge in [0.1, 0.15) is 6.10 Å². The molecular weight excluding hydrogens is 194 g/mol. The van der Waals surface area contributed by atoms with E-state index in [1.807, 2.05) is 6.92 Å². The van der Waals surface area contributed by atoms with E-state index in [4.69, 9.17) is 15.2 Å². The first kappa shape index (κ1) is 11.9. The number of rotatable bonds is 4. The molecule has 1 rings (SSSR count). The van der Waals surface area contributed by atoms with E-state index in [0.29, 0.717) is 6.61 Å². The van der Waals surface area contributed by atoms with Gasteiger partial charge in [0.15, 0.2) is 5.88 Å². The molecule has 0 aromatic heterocycles. The highest BCUT2D eigenvalue weighted by Gasteiger charge is 2.16. The van der Waals surface area contributed by atoms with E-state index in [9.17, 15) is 4.79 Å². The summed E-state index contributed by atoms with van der Waals surface area (Å²) in [6.07, 6.45) is 6.73. The van der Waals surface area contributed by atoms with Gasteiger partial charge in [-0.15, -0.1) is 0 Å². The number of hydrogen-bond donors (Lipinski definition) is 1. The summed E-state index contributed by atoms with van der Waals surface area (Å²) in [7, 11) is 0. The highest BCUT2D eigenvalue weighted by atomic mass is 16.5. The Balaban J connectivity index is 2.30. The molecule has 4 nitrogen and oxygen atoms in total. The maximum absolute atomic E-state index is 11.3. The number of hydrogen-bond acceptors (Lipinski definition) is 4. The Labute approximate surface area is 90.4 Å². The van der Waals surface area contributed by atoms with Crippen LogP contribution in [0.4, 0.5) is 0 Å². The van der Waals surface area contributed by atoms with Gasteiger partial charge in [0.05, 0.1) is 12.7 Å². The van der Waals surface area contributed by atoms with Crippen LogP contribution in [0.15, 0.2) is 12.0 Å². The molecule has 4 heteroatoms. The maximum atomic E-state index is 11.3. The third kappa shape index (κ3) is 4.72. The average Bonchev–Trinajstić information content (AvgIpc) is 2.19. The normalized spacial score (nSPS) is 18.6. The predicted molar refractivity (Wildman–Crippen MR) is 56.9 cm³/mol. The van der Waals surface area contributed by atoms with Crippen LogP contribution in [0.5, 0.6) is 0 Å². The van der Waals surface area contributed by atoms with Crippen molar-refractivity contribution >= 4 is 5.97 Å². The van der Waals surface area contributed by atoms with Crippen LogP contribution in [-0.4, -0.2) is 18.7 Å². The zero-order valence-electron chi connectivity index (χ0n) is 9.20. The summed E-state index contributed by atoms with van der Waals surface area (Å²) in [5, 5.41) is 0. The van der Waals surface area contributed by atoms with Gasteiger partial charge >= 0.3 is 5.97 Å². The largest absolute Gasteiger partial charge is 0.479 e. The highest BCUT2D eigenvalue weighted by Crippen LogP contribution is 2.20. The van der Waals surface area contributed by atoms with Crippen molar-refractivity contribution in [3.8, 4) is 0 Å². The van der Waals surface area contributed by atoms with Gasteiger partial charge < -0.3 is 15.2 Å². The fraction of sp³-hybridized carbons (Fsp3) is 0.727. The lowest BCUT2D eigenvalue weighted by molar-refractivity contribution is -0.144. The van der Waals surface area contributed by atoms with Gasteiger partial charge in [-0.25, -0.2) is 4.79 Å². The molecular formula is C11H19NO3. The summed E-state index contributed by atoms with van der Waals surface area (Å²) in [6, 6.07) is 0. The molecule has 0 unspecified atom stereocenters. The molecule has 0 bridgehead atoms. The van der Waals surface area contributed by atoms with Crippen molar-refractivity contribution in [3.63, 3.8) is 0 Å². The van der Waals surface area contributed by atoms with E-state index >= 15 is 0 Å². The van der Waals surface area contributed by atoms with E-state index in [1.54, 1.807) is 0 Å². The summed E-state index contributed by atoms with van der Waals surface area (Å²) < 4.78 is 10.2. The second-order valence-electron chi connectivity index (χ2n) is 3.68. The molecule has 0 aromatic rings. The van der Waals surface area contributed by atoms with Gasteiger partial charge in [0.25, 0.3) is 0 Å². The van der Waals surface area contributed by atoms with Gasteiger partial charge in [-0.05, 0) is 32.6 Å². The van der Waals surface area contributed by atoms with E-state index in [0.717, 1.165) is 25.7 Å². The van der Waals surface area contributed by atoms with Crippen molar-refractivity contribution in [2.75, 3.05) is 6.61 Å². The smallest absolute Gasteiger partial charge is 0.336 e. The zero-order valence-corrected chi connectivity index (χ0v) is 9.20. The quantitative estimate of drug-likeness (QED) is 0.438. The Hall–Kier alpha value is -1.19. The van der Waals surface area contributed by atoms with Crippen molar-refractivity contribution < 1.29 is 14.3 Å². The van der Waals surface area contributed by atoms with Gasteiger partial charge in [0.2, 0.25) is 0 Å². The fourth-order valence-electron chi connectivity index (χ4n) is 1.71. The molecule has 1 aliphatic rings. The first-order valence-corrected chi connectivity index (χ1v) is 5.53. The fourth-order valence-corrected chi connectivity index (χ4v) is 1.71. The van der Waals surface area contributed by atoms with Gasteiger partial charge in [-0.2, -0.15) is 0 Å². The Morgan fingerprint density at radius 2 is 2.07 bits per heavy atom. The molecule has 0 aliphatic heterocycles. The number of ether oxygens (including phenoxy) is 2. The molecule has 86 valence electrons. The first-order valence-electron chi connectivity index (χ1n) is 5.53. The molecule has 0 heterocycles. The minimum absolute atomic E-state index is 0.0666. The molecule has 1 fully saturated rings. The topological polar surface area (TPSA) is 61.5 Å². The molecule has 1 aliphatic carbocycles. The lowest BCUT2D eigenvalue weighted by Crippen LogP contribution is -2.20. The van der Waals surface area contributed by atoms with Crippen LogP contribution in [0, 0.1) is 0 Å². The molecule has 15 heavy (non-hydrogen) atoms. The highest BCUT2D eigenvalue weighted by molar-refractivity contribution is 5.82. The van der Waals surface area contributed by atoms with Gasteiger partial charge in [-0.3, -0.25) is 0 Å². The van der Waals surface area contributed by atoms with Crippen LogP contribution in [0.2, 0.25) is 0 Å². The van der Waals surface area contributed by atoms with Crippen molar-refractivity contribution in [3.05, 3.63) is 12.0 Å². The summed E-state index contributed by atoms with van der Waals surface area (Å²) >= 11 is 0. The van der Waals surface area contributed by atoms with Crippen molar-refractivity contribution in [1.82, 2.24) is 0 Å². The molecule has 0 spiro atoms. The van der Waals surface area contributed by atoms with Crippen LogP contribution in [0.3, 0.4) is 0 Å². The Morgan fingerprint density at radius 3 is 2.67 bits per heavy atom. The summed E-state index contributed by atoms with van der Waals surface area (Å²) in [6.45, 7) is 2.27. The maximum Gasteiger partial charge on any atom is 0.336 e. The second-order valence-corrected chi connectivity index (χ2v) is 3.68. The van der Waals surface area contributed by atoms with Crippen LogP contribution < -0.4 is 5.73 Å². The van der Waals surface area contributed by atoms with E-state index in [1.165, 1.54) is 12.5 Å². The summed E-state index contributed by atoms with van der Waals surface area (Å²) in [5.41, 5.74) is 5.43. The summed E-state index contributed by atoms with van der Waals surface area (Å²) in [4.78, 5) is 11.3. The first-order chi connectivity index (χ1) is 7.22. The predicted octanol–water partition coefficient (Wildman–Crippen LogP) is 1.70. The molecule has 0 aromatic carbocycles. The molecule has 0 atom stereocenters. The van der Waals surface area contributed by atoms with Crippen LogP contribution >= 0.6 is 0 Å². The third-order valence-electron chi connectivity index (χ3n) is 2.41. The monoisotopic (exact) mass is 213 g/mol. The van der Waals surface area contributed by atoms with Gasteiger partial charge in [-0.1, -0.05) is 6.42 Å². The van der Waals surface area contributed by atoms with E-state index in [-0.39, 0.29) is 12.0 Å². The van der Waals surface area contributed by atoms with Crippen molar-refractivity contribution in [2.24, 2.45) is 5.73 Å². The molecule has 0 radical (unpaired) electrons. The Bertz CT molecular complexity index is 232. The summed E-state index contributed by atoms with van der Waals surface area (Å²) in [5.74, 6) is -0.272. The van der Waals surface area contributed by atoms with Crippen molar-refractivity contribution in [2.45, 2.75) is 45.1 Å².